The van der Waals surface area contributed by atoms with Crippen LogP contribution in [0.2, 0.25) is 5.02 Å². The predicted molar refractivity (Wildman–Crippen MR) is 83.1 cm³/mol. The molecule has 0 bridgehead atoms. The molecule has 0 aliphatic heterocycles. The minimum Gasteiger partial charge on any atom is -0.313 e. The molecule has 1 aromatic carbocycles. The number of benzene rings is 1. The van der Waals surface area contributed by atoms with E-state index in [4.69, 9.17) is 11.6 Å². The van der Waals surface area contributed by atoms with Crippen LogP contribution in [0.15, 0.2) is 18.2 Å². The van der Waals surface area contributed by atoms with Crippen LogP contribution in [-0.4, -0.2) is 16.5 Å². The smallest absolute Gasteiger partial charge is 0.133 e. The highest BCUT2D eigenvalue weighted by Crippen LogP contribution is 2.20. The van der Waals surface area contributed by atoms with Crippen molar-refractivity contribution in [1.29, 1.82) is 0 Å². The average Bonchev–Trinajstić information content (AvgIpc) is 2.41. The van der Waals surface area contributed by atoms with Crippen LogP contribution in [-0.2, 0) is 13.0 Å². The summed E-state index contributed by atoms with van der Waals surface area (Å²) in [5.74, 6) is 0.372. The van der Waals surface area contributed by atoms with E-state index >= 15 is 0 Å². The molecule has 0 saturated carbocycles. The summed E-state index contributed by atoms with van der Waals surface area (Å²) in [5.41, 5.74) is 3.90. The molecule has 0 unspecified atom stereocenters. The zero-order valence-electron chi connectivity index (χ0n) is 12.5. The third-order valence-electron chi connectivity index (χ3n) is 3.38. The van der Waals surface area contributed by atoms with Crippen LogP contribution >= 0.6 is 11.6 Å². The Balaban J connectivity index is 2.25. The molecule has 0 atom stereocenters. The van der Waals surface area contributed by atoms with Gasteiger partial charge in [-0.15, -0.1) is 0 Å². The molecule has 2 aromatic rings. The molecular formula is C16H19ClFN3. The maximum absolute atomic E-state index is 13.1. The summed E-state index contributed by atoms with van der Waals surface area (Å²) >= 11 is 6.05. The lowest BCUT2D eigenvalue weighted by Gasteiger charge is -2.11. The Labute approximate surface area is 129 Å². The van der Waals surface area contributed by atoms with Gasteiger partial charge in [-0.25, -0.2) is 14.4 Å². The van der Waals surface area contributed by atoms with Crippen LogP contribution in [0.25, 0.3) is 0 Å². The predicted octanol–water partition coefficient (Wildman–Crippen LogP) is 3.59. The van der Waals surface area contributed by atoms with Crippen molar-refractivity contribution in [3.05, 3.63) is 57.4 Å². The van der Waals surface area contributed by atoms with E-state index in [9.17, 15) is 4.39 Å². The topological polar surface area (TPSA) is 37.8 Å². The minimum absolute atomic E-state index is 0.335. The molecule has 5 heteroatoms. The minimum atomic E-state index is -0.335. The maximum Gasteiger partial charge on any atom is 0.133 e. The molecule has 21 heavy (non-hydrogen) atoms. The number of aryl methyl sites for hydroxylation is 2. The second-order valence-electron chi connectivity index (χ2n) is 4.98. The lowest BCUT2D eigenvalue weighted by atomic mass is 10.1. The molecule has 0 saturated heterocycles. The van der Waals surface area contributed by atoms with E-state index in [2.05, 4.69) is 22.2 Å². The highest BCUT2D eigenvalue weighted by Gasteiger charge is 2.10. The van der Waals surface area contributed by atoms with Crippen molar-refractivity contribution in [1.82, 2.24) is 15.3 Å². The van der Waals surface area contributed by atoms with Gasteiger partial charge in [0.25, 0.3) is 0 Å². The van der Waals surface area contributed by atoms with E-state index in [-0.39, 0.29) is 5.82 Å². The summed E-state index contributed by atoms with van der Waals surface area (Å²) in [6, 6.07) is 4.40. The summed E-state index contributed by atoms with van der Waals surface area (Å²) < 4.78 is 13.1. The molecule has 0 aliphatic carbocycles. The highest BCUT2D eigenvalue weighted by atomic mass is 35.5. The summed E-state index contributed by atoms with van der Waals surface area (Å²) in [6.45, 7) is 7.71. The van der Waals surface area contributed by atoms with Crippen molar-refractivity contribution >= 4 is 11.6 Å². The molecular weight excluding hydrogens is 289 g/mol. The molecule has 0 radical (unpaired) electrons. The fourth-order valence-corrected chi connectivity index (χ4v) is 2.46. The van der Waals surface area contributed by atoms with Crippen LogP contribution in [0.3, 0.4) is 0 Å². The first-order valence-electron chi connectivity index (χ1n) is 6.99. The summed E-state index contributed by atoms with van der Waals surface area (Å²) in [6.07, 6.45) is 0.502. The number of hydrogen-bond acceptors (Lipinski definition) is 3. The van der Waals surface area contributed by atoms with Crippen LogP contribution in [0.1, 0.15) is 35.3 Å². The van der Waals surface area contributed by atoms with Gasteiger partial charge in [0.1, 0.15) is 11.6 Å². The van der Waals surface area contributed by atoms with E-state index in [1.165, 1.54) is 12.1 Å². The Hall–Kier alpha value is -1.52. The molecule has 1 aromatic heterocycles. The second-order valence-corrected chi connectivity index (χ2v) is 5.39. The third kappa shape index (κ3) is 3.99. The van der Waals surface area contributed by atoms with E-state index in [0.29, 0.717) is 17.3 Å². The first kappa shape index (κ1) is 15.9. The van der Waals surface area contributed by atoms with Crippen molar-refractivity contribution in [3.63, 3.8) is 0 Å². The molecule has 2 rings (SSSR count). The first-order valence-corrected chi connectivity index (χ1v) is 7.36. The van der Waals surface area contributed by atoms with Gasteiger partial charge in [0.2, 0.25) is 0 Å². The normalized spacial score (nSPS) is 10.9. The standard InChI is InChI=1S/C16H19ClFN3/c1-4-19-9-14-10(2)20-16(21-11(14)3)7-12-5-6-13(18)8-15(12)17/h5-6,8,19H,4,7,9H2,1-3H3. The van der Waals surface area contributed by atoms with Crippen molar-refractivity contribution in [2.24, 2.45) is 0 Å². The van der Waals surface area contributed by atoms with Crippen LogP contribution < -0.4 is 5.32 Å². The van der Waals surface area contributed by atoms with Crippen LogP contribution in [0.4, 0.5) is 4.39 Å². The van der Waals surface area contributed by atoms with E-state index < -0.39 is 0 Å². The van der Waals surface area contributed by atoms with Gasteiger partial charge in [-0.1, -0.05) is 24.6 Å². The monoisotopic (exact) mass is 307 g/mol. The zero-order chi connectivity index (χ0) is 15.4. The fourth-order valence-electron chi connectivity index (χ4n) is 2.23. The fraction of sp³-hybridized carbons (Fsp3) is 0.375. The number of halogens is 2. The molecule has 1 N–H and O–H groups in total. The second kappa shape index (κ2) is 6.96. The molecule has 1 heterocycles. The van der Waals surface area contributed by atoms with Gasteiger partial charge < -0.3 is 5.32 Å². The first-order chi connectivity index (χ1) is 10.0. The van der Waals surface area contributed by atoms with E-state index in [1.807, 2.05) is 13.8 Å². The lowest BCUT2D eigenvalue weighted by Crippen LogP contribution is -2.16. The van der Waals surface area contributed by atoms with Gasteiger partial charge in [0.05, 0.1) is 0 Å². The zero-order valence-corrected chi connectivity index (χ0v) is 13.3. The Morgan fingerprint density at radius 2 is 1.86 bits per heavy atom. The van der Waals surface area contributed by atoms with E-state index in [0.717, 1.165) is 35.6 Å². The molecule has 3 nitrogen and oxygen atoms in total. The summed E-state index contributed by atoms with van der Waals surface area (Å²) in [5, 5.41) is 3.70. The Morgan fingerprint density at radius 3 is 2.43 bits per heavy atom. The molecule has 0 fully saturated rings. The van der Waals surface area contributed by atoms with Crippen molar-refractivity contribution in [2.45, 2.75) is 33.7 Å². The van der Waals surface area contributed by atoms with Crippen molar-refractivity contribution in [2.75, 3.05) is 6.54 Å². The SMILES string of the molecule is CCNCc1c(C)nc(Cc2ccc(F)cc2Cl)nc1C. The molecule has 112 valence electrons. The van der Waals surface area contributed by atoms with Gasteiger partial charge in [0.15, 0.2) is 0 Å². The molecule has 0 amide bonds. The number of nitrogens with one attached hydrogen (secondary N) is 1. The van der Waals surface area contributed by atoms with Crippen molar-refractivity contribution < 1.29 is 4.39 Å². The lowest BCUT2D eigenvalue weighted by molar-refractivity contribution is 0.627. The van der Waals surface area contributed by atoms with Crippen LogP contribution in [0.5, 0.6) is 0 Å². The Bertz CT molecular complexity index is 620. The van der Waals surface area contributed by atoms with E-state index in [1.54, 1.807) is 6.07 Å². The number of aromatic nitrogens is 2. The Kier molecular flexibility index (Phi) is 5.26. The number of hydrogen-bond donors (Lipinski definition) is 1. The largest absolute Gasteiger partial charge is 0.313 e. The van der Waals surface area contributed by atoms with Gasteiger partial charge in [0, 0.05) is 34.9 Å². The summed E-state index contributed by atoms with van der Waals surface area (Å²) in [7, 11) is 0. The molecule has 0 spiro atoms. The Morgan fingerprint density at radius 1 is 1.19 bits per heavy atom. The highest BCUT2D eigenvalue weighted by molar-refractivity contribution is 6.31. The summed E-state index contributed by atoms with van der Waals surface area (Å²) in [4.78, 5) is 9.08. The van der Waals surface area contributed by atoms with Gasteiger partial charge in [-0.3, -0.25) is 0 Å². The maximum atomic E-state index is 13.1. The van der Waals surface area contributed by atoms with Crippen LogP contribution in [0, 0.1) is 19.7 Å². The number of rotatable bonds is 5. The van der Waals surface area contributed by atoms with Gasteiger partial charge in [-0.2, -0.15) is 0 Å². The van der Waals surface area contributed by atoms with Gasteiger partial charge >= 0.3 is 0 Å². The average molecular weight is 308 g/mol. The molecule has 0 aliphatic rings. The number of nitrogens with zero attached hydrogens (tertiary/aromatic N) is 2. The van der Waals surface area contributed by atoms with Gasteiger partial charge in [-0.05, 0) is 38.1 Å². The van der Waals surface area contributed by atoms with Crippen molar-refractivity contribution in [3.8, 4) is 0 Å². The third-order valence-corrected chi connectivity index (χ3v) is 3.73. The quantitative estimate of drug-likeness (QED) is 0.917.